The van der Waals surface area contributed by atoms with E-state index in [1.807, 2.05) is 6.07 Å². The average molecular weight is 252 g/mol. The number of esters is 1. The Morgan fingerprint density at radius 3 is 2.61 bits per heavy atom. The van der Waals surface area contributed by atoms with E-state index >= 15 is 0 Å². The summed E-state index contributed by atoms with van der Waals surface area (Å²) in [6.45, 7) is -0.0308. The number of benzene rings is 1. The monoisotopic (exact) mass is 252 g/mol. The standard InChI is InChI=1S/C12H16N2O4/c1-13-7-11(15)14-9-17-8-12(16)18-10-5-3-2-4-6-10/h2-6,13H,7-9H2,1H3,(H,14,15). The molecule has 0 atom stereocenters. The zero-order valence-electron chi connectivity index (χ0n) is 10.1. The van der Waals surface area contributed by atoms with Crippen molar-refractivity contribution >= 4 is 11.9 Å². The smallest absolute Gasteiger partial charge is 0.337 e. The second kappa shape index (κ2) is 8.21. The molecular formula is C12H16N2O4. The molecule has 0 saturated carbocycles. The van der Waals surface area contributed by atoms with E-state index in [2.05, 4.69) is 10.6 Å². The quantitative estimate of drug-likeness (QED) is 0.307. The lowest BCUT2D eigenvalue weighted by atomic mass is 10.3. The van der Waals surface area contributed by atoms with E-state index in [1.165, 1.54) is 0 Å². The molecule has 1 aromatic rings. The van der Waals surface area contributed by atoms with Crippen LogP contribution in [0.15, 0.2) is 30.3 Å². The van der Waals surface area contributed by atoms with Crippen LogP contribution >= 0.6 is 0 Å². The summed E-state index contributed by atoms with van der Waals surface area (Å²) in [7, 11) is 1.66. The molecule has 1 rings (SSSR count). The molecule has 98 valence electrons. The van der Waals surface area contributed by atoms with Gasteiger partial charge in [0.25, 0.3) is 0 Å². The van der Waals surface area contributed by atoms with E-state index in [0.29, 0.717) is 5.75 Å². The van der Waals surface area contributed by atoms with Crippen LogP contribution in [-0.4, -0.2) is 38.8 Å². The van der Waals surface area contributed by atoms with Crippen molar-refractivity contribution in [3.8, 4) is 5.75 Å². The van der Waals surface area contributed by atoms with Gasteiger partial charge in [-0.1, -0.05) is 18.2 Å². The third-order valence-corrected chi connectivity index (χ3v) is 1.90. The van der Waals surface area contributed by atoms with Gasteiger partial charge in [0, 0.05) is 0 Å². The number of para-hydroxylation sites is 1. The second-order valence-electron chi connectivity index (χ2n) is 3.41. The van der Waals surface area contributed by atoms with Crippen LogP contribution in [0.25, 0.3) is 0 Å². The molecule has 1 aromatic carbocycles. The van der Waals surface area contributed by atoms with Gasteiger partial charge in [0.2, 0.25) is 5.91 Å². The molecule has 0 fully saturated rings. The highest BCUT2D eigenvalue weighted by molar-refractivity contribution is 5.77. The number of nitrogens with one attached hydrogen (secondary N) is 2. The maximum absolute atomic E-state index is 11.3. The third kappa shape index (κ3) is 5.97. The fourth-order valence-electron chi connectivity index (χ4n) is 1.14. The number of hydrogen-bond donors (Lipinski definition) is 2. The fraction of sp³-hybridized carbons (Fsp3) is 0.333. The van der Waals surface area contributed by atoms with Gasteiger partial charge < -0.3 is 20.1 Å². The normalized spacial score (nSPS) is 9.83. The minimum Gasteiger partial charge on any atom is -0.425 e. The molecule has 0 aliphatic carbocycles. The summed E-state index contributed by atoms with van der Waals surface area (Å²) in [5.41, 5.74) is 0. The van der Waals surface area contributed by atoms with Crippen molar-refractivity contribution in [2.24, 2.45) is 0 Å². The van der Waals surface area contributed by atoms with Crippen molar-refractivity contribution in [2.45, 2.75) is 0 Å². The van der Waals surface area contributed by atoms with E-state index < -0.39 is 5.97 Å². The lowest BCUT2D eigenvalue weighted by Crippen LogP contribution is -2.34. The van der Waals surface area contributed by atoms with Gasteiger partial charge in [0.15, 0.2) is 0 Å². The Kier molecular flexibility index (Phi) is 6.45. The van der Waals surface area contributed by atoms with Crippen LogP contribution in [0.2, 0.25) is 0 Å². The predicted molar refractivity (Wildman–Crippen MR) is 65.0 cm³/mol. The third-order valence-electron chi connectivity index (χ3n) is 1.90. The topological polar surface area (TPSA) is 76.7 Å². The van der Waals surface area contributed by atoms with Crippen LogP contribution < -0.4 is 15.4 Å². The van der Waals surface area contributed by atoms with Crippen molar-refractivity contribution in [1.82, 2.24) is 10.6 Å². The highest BCUT2D eigenvalue weighted by atomic mass is 16.6. The van der Waals surface area contributed by atoms with Crippen LogP contribution in [0.5, 0.6) is 5.75 Å². The molecule has 0 aromatic heterocycles. The van der Waals surface area contributed by atoms with Gasteiger partial charge in [-0.2, -0.15) is 0 Å². The van der Waals surface area contributed by atoms with E-state index in [9.17, 15) is 9.59 Å². The van der Waals surface area contributed by atoms with Crippen LogP contribution in [0.3, 0.4) is 0 Å². The summed E-state index contributed by atoms with van der Waals surface area (Å²) < 4.78 is 9.93. The number of hydrogen-bond acceptors (Lipinski definition) is 5. The minimum absolute atomic E-state index is 0.0234. The summed E-state index contributed by atoms with van der Waals surface area (Å²) in [5.74, 6) is -0.247. The molecule has 1 amide bonds. The van der Waals surface area contributed by atoms with Crippen LogP contribution in [-0.2, 0) is 14.3 Å². The first-order chi connectivity index (χ1) is 8.72. The largest absolute Gasteiger partial charge is 0.425 e. The van der Waals surface area contributed by atoms with Crippen molar-refractivity contribution < 1.29 is 19.1 Å². The number of carbonyl (C=O) groups excluding carboxylic acids is 2. The Bertz CT molecular complexity index is 381. The zero-order chi connectivity index (χ0) is 13.2. The molecule has 0 heterocycles. The molecule has 0 radical (unpaired) electrons. The Labute approximate surface area is 105 Å². The zero-order valence-corrected chi connectivity index (χ0v) is 10.1. The first-order valence-corrected chi connectivity index (χ1v) is 5.47. The first-order valence-electron chi connectivity index (χ1n) is 5.47. The number of likely N-dealkylation sites (N-methyl/N-ethyl adjacent to an activating group) is 1. The molecule has 0 aliphatic heterocycles. The Hall–Kier alpha value is -1.92. The summed E-state index contributed by atoms with van der Waals surface area (Å²) in [4.78, 5) is 22.3. The fourth-order valence-corrected chi connectivity index (χ4v) is 1.14. The molecule has 2 N–H and O–H groups in total. The summed E-state index contributed by atoms with van der Waals surface area (Å²) >= 11 is 0. The number of amides is 1. The SMILES string of the molecule is CNCC(=O)NCOCC(=O)Oc1ccccc1. The highest BCUT2D eigenvalue weighted by Gasteiger charge is 2.05. The van der Waals surface area contributed by atoms with Gasteiger partial charge in [-0.05, 0) is 19.2 Å². The number of carbonyl (C=O) groups is 2. The van der Waals surface area contributed by atoms with Gasteiger partial charge >= 0.3 is 5.97 Å². The van der Waals surface area contributed by atoms with Crippen molar-refractivity contribution in [3.63, 3.8) is 0 Å². The lowest BCUT2D eigenvalue weighted by molar-refractivity contribution is -0.140. The van der Waals surface area contributed by atoms with E-state index in [1.54, 1.807) is 31.3 Å². The van der Waals surface area contributed by atoms with Gasteiger partial charge in [-0.15, -0.1) is 0 Å². The van der Waals surface area contributed by atoms with E-state index in [0.717, 1.165) is 0 Å². The molecule has 0 unspecified atom stereocenters. The predicted octanol–water partition coefficient (Wildman–Crippen LogP) is -0.0983. The average Bonchev–Trinajstić information content (AvgIpc) is 2.36. The van der Waals surface area contributed by atoms with Crippen molar-refractivity contribution in [2.75, 3.05) is 26.9 Å². The molecule has 0 saturated heterocycles. The van der Waals surface area contributed by atoms with Crippen LogP contribution in [0.4, 0.5) is 0 Å². The van der Waals surface area contributed by atoms with Crippen LogP contribution in [0, 0.1) is 0 Å². The summed E-state index contributed by atoms with van der Waals surface area (Å²) in [5, 5.41) is 5.16. The molecule has 6 heteroatoms. The molecule has 6 nitrogen and oxygen atoms in total. The van der Waals surface area contributed by atoms with Gasteiger partial charge in [0.05, 0.1) is 6.54 Å². The Morgan fingerprint density at radius 1 is 1.22 bits per heavy atom. The van der Waals surface area contributed by atoms with Crippen molar-refractivity contribution in [1.29, 1.82) is 0 Å². The summed E-state index contributed by atoms with van der Waals surface area (Å²) in [6, 6.07) is 8.70. The maximum atomic E-state index is 11.3. The summed E-state index contributed by atoms with van der Waals surface area (Å²) in [6.07, 6.45) is 0. The second-order valence-corrected chi connectivity index (χ2v) is 3.41. The number of ether oxygens (including phenoxy) is 2. The Morgan fingerprint density at radius 2 is 1.94 bits per heavy atom. The maximum Gasteiger partial charge on any atom is 0.337 e. The van der Waals surface area contributed by atoms with Crippen molar-refractivity contribution in [3.05, 3.63) is 30.3 Å². The van der Waals surface area contributed by atoms with E-state index in [-0.39, 0.29) is 25.8 Å². The van der Waals surface area contributed by atoms with Gasteiger partial charge in [-0.3, -0.25) is 4.79 Å². The van der Waals surface area contributed by atoms with E-state index in [4.69, 9.17) is 9.47 Å². The molecule has 0 spiro atoms. The van der Waals surface area contributed by atoms with Crippen LogP contribution in [0.1, 0.15) is 0 Å². The number of rotatable bonds is 7. The molecule has 0 bridgehead atoms. The lowest BCUT2D eigenvalue weighted by Gasteiger charge is -2.06. The first kappa shape index (κ1) is 14.1. The highest BCUT2D eigenvalue weighted by Crippen LogP contribution is 2.08. The molecule has 18 heavy (non-hydrogen) atoms. The minimum atomic E-state index is -0.510. The molecular weight excluding hydrogens is 236 g/mol. The van der Waals surface area contributed by atoms with Gasteiger partial charge in [0.1, 0.15) is 19.1 Å². The molecule has 0 aliphatic rings. The Balaban J connectivity index is 2.12. The van der Waals surface area contributed by atoms with Gasteiger partial charge in [-0.25, -0.2) is 4.79 Å².